The third-order valence-electron chi connectivity index (χ3n) is 4.20. The molecule has 122 valence electrons. The third kappa shape index (κ3) is 4.15. The number of likely N-dealkylation sites (tertiary alicyclic amines) is 1. The highest BCUT2D eigenvalue weighted by atomic mass is 19.1. The molecule has 4 nitrogen and oxygen atoms in total. The Balaban J connectivity index is 1.50. The van der Waals surface area contributed by atoms with Crippen molar-refractivity contribution in [3.05, 3.63) is 53.9 Å². The maximum atomic E-state index is 13.2. The third-order valence-corrected chi connectivity index (χ3v) is 4.20. The molecule has 1 fully saturated rings. The van der Waals surface area contributed by atoms with Crippen molar-refractivity contribution in [3.8, 4) is 0 Å². The Morgan fingerprint density at radius 2 is 2.04 bits per heavy atom. The zero-order chi connectivity index (χ0) is 16.2. The van der Waals surface area contributed by atoms with E-state index in [-0.39, 0.29) is 11.8 Å². The largest absolute Gasteiger partial charge is 0.342 e. The summed E-state index contributed by atoms with van der Waals surface area (Å²) in [4.78, 5) is 14.0. The van der Waals surface area contributed by atoms with E-state index in [0.717, 1.165) is 12.5 Å². The Morgan fingerprint density at radius 1 is 1.26 bits per heavy atom. The van der Waals surface area contributed by atoms with Crippen LogP contribution in [0.15, 0.2) is 36.7 Å². The Bertz CT molecular complexity index is 652. The minimum Gasteiger partial charge on any atom is -0.342 e. The molecule has 1 unspecified atom stereocenters. The molecule has 1 atom stereocenters. The first kappa shape index (κ1) is 15.6. The van der Waals surface area contributed by atoms with Crippen molar-refractivity contribution in [1.82, 2.24) is 14.7 Å². The van der Waals surface area contributed by atoms with Gasteiger partial charge in [-0.15, -0.1) is 0 Å². The van der Waals surface area contributed by atoms with Gasteiger partial charge in [0.25, 0.3) is 0 Å². The minimum absolute atomic E-state index is 0.105. The van der Waals surface area contributed by atoms with Gasteiger partial charge in [0.2, 0.25) is 5.91 Å². The van der Waals surface area contributed by atoms with E-state index in [9.17, 15) is 13.6 Å². The van der Waals surface area contributed by atoms with Crippen molar-refractivity contribution in [3.63, 3.8) is 0 Å². The summed E-state index contributed by atoms with van der Waals surface area (Å²) >= 11 is 0. The van der Waals surface area contributed by atoms with Crippen LogP contribution in [0.4, 0.5) is 8.78 Å². The first-order valence-corrected chi connectivity index (χ1v) is 7.80. The molecule has 3 rings (SSSR count). The predicted octanol–water partition coefficient (Wildman–Crippen LogP) is 2.64. The number of halogens is 2. The molecule has 2 aromatic rings. The fourth-order valence-corrected chi connectivity index (χ4v) is 3.09. The van der Waals surface area contributed by atoms with Crippen molar-refractivity contribution in [1.29, 1.82) is 0 Å². The zero-order valence-corrected chi connectivity index (χ0v) is 12.8. The Labute approximate surface area is 133 Å². The van der Waals surface area contributed by atoms with E-state index in [0.29, 0.717) is 38.0 Å². The summed E-state index contributed by atoms with van der Waals surface area (Å²) in [6, 6.07) is 5.44. The molecule has 1 aliphatic heterocycles. The number of carbonyl (C=O) groups is 1. The van der Waals surface area contributed by atoms with Crippen LogP contribution in [0.2, 0.25) is 0 Å². The molecule has 2 heterocycles. The first-order valence-electron chi connectivity index (χ1n) is 7.80. The van der Waals surface area contributed by atoms with Gasteiger partial charge in [-0.1, -0.05) is 0 Å². The lowest BCUT2D eigenvalue weighted by Gasteiger charge is -2.16. The van der Waals surface area contributed by atoms with E-state index >= 15 is 0 Å². The second-order valence-electron chi connectivity index (χ2n) is 6.00. The number of carbonyl (C=O) groups excluding carboxylic acids is 1. The lowest BCUT2D eigenvalue weighted by Crippen LogP contribution is -2.29. The topological polar surface area (TPSA) is 38.1 Å². The van der Waals surface area contributed by atoms with Crippen LogP contribution in [-0.4, -0.2) is 33.7 Å². The monoisotopic (exact) mass is 319 g/mol. The molecular formula is C17H19F2N3O. The first-order chi connectivity index (χ1) is 11.1. The van der Waals surface area contributed by atoms with Crippen molar-refractivity contribution in [2.45, 2.75) is 25.8 Å². The molecule has 6 heteroatoms. The summed E-state index contributed by atoms with van der Waals surface area (Å²) in [7, 11) is 0. The van der Waals surface area contributed by atoms with Gasteiger partial charge in [-0.25, -0.2) is 8.78 Å². The lowest BCUT2D eigenvalue weighted by atomic mass is 9.98. The SMILES string of the molecule is O=C(CCn1cccn1)N1CCC(Cc2cc(F)cc(F)c2)C1. The normalized spacial score (nSPS) is 17.7. The van der Waals surface area contributed by atoms with E-state index in [2.05, 4.69) is 5.10 Å². The Morgan fingerprint density at radius 3 is 2.74 bits per heavy atom. The van der Waals surface area contributed by atoms with Crippen LogP contribution < -0.4 is 0 Å². The molecule has 1 aliphatic rings. The van der Waals surface area contributed by atoms with Gasteiger partial charge < -0.3 is 4.90 Å². The van der Waals surface area contributed by atoms with E-state index in [1.807, 2.05) is 17.2 Å². The van der Waals surface area contributed by atoms with Crippen LogP contribution in [0.3, 0.4) is 0 Å². The van der Waals surface area contributed by atoms with Gasteiger partial charge in [-0.3, -0.25) is 9.48 Å². The molecule has 0 spiro atoms. The smallest absolute Gasteiger partial charge is 0.224 e. The summed E-state index contributed by atoms with van der Waals surface area (Å²) in [5.74, 6) is -0.742. The fourth-order valence-electron chi connectivity index (χ4n) is 3.09. The van der Waals surface area contributed by atoms with Gasteiger partial charge in [0, 0.05) is 44.5 Å². The number of aryl methyl sites for hydroxylation is 1. The molecule has 1 aromatic heterocycles. The molecule has 0 radical (unpaired) electrons. The summed E-state index contributed by atoms with van der Waals surface area (Å²) < 4.78 is 28.2. The number of aromatic nitrogens is 2. The van der Waals surface area contributed by atoms with Crippen LogP contribution in [0, 0.1) is 17.6 Å². The van der Waals surface area contributed by atoms with E-state index in [1.54, 1.807) is 10.9 Å². The summed E-state index contributed by atoms with van der Waals surface area (Å²) in [6.45, 7) is 1.93. The summed E-state index contributed by atoms with van der Waals surface area (Å²) in [6.07, 6.45) is 5.40. The second kappa shape index (κ2) is 6.89. The van der Waals surface area contributed by atoms with E-state index in [4.69, 9.17) is 0 Å². The van der Waals surface area contributed by atoms with Crippen molar-refractivity contribution >= 4 is 5.91 Å². The quantitative estimate of drug-likeness (QED) is 0.850. The number of hydrogen-bond acceptors (Lipinski definition) is 2. The van der Waals surface area contributed by atoms with Crippen LogP contribution in [0.5, 0.6) is 0 Å². The van der Waals surface area contributed by atoms with E-state index in [1.165, 1.54) is 12.1 Å². The molecule has 1 saturated heterocycles. The standard InChI is InChI=1S/C17H19F2N3O/c18-15-9-14(10-16(19)11-15)8-13-2-6-21(12-13)17(23)3-7-22-5-1-4-20-22/h1,4-5,9-11,13H,2-3,6-8,12H2. The maximum Gasteiger partial charge on any atom is 0.224 e. The highest BCUT2D eigenvalue weighted by molar-refractivity contribution is 5.76. The number of hydrogen-bond donors (Lipinski definition) is 0. The van der Waals surface area contributed by atoms with Crippen molar-refractivity contribution in [2.75, 3.05) is 13.1 Å². The molecule has 0 saturated carbocycles. The van der Waals surface area contributed by atoms with Crippen LogP contribution in [0.1, 0.15) is 18.4 Å². The molecule has 0 aliphatic carbocycles. The second-order valence-corrected chi connectivity index (χ2v) is 6.00. The van der Waals surface area contributed by atoms with Crippen molar-refractivity contribution < 1.29 is 13.6 Å². The van der Waals surface area contributed by atoms with Crippen LogP contribution in [0.25, 0.3) is 0 Å². The Kier molecular flexibility index (Phi) is 4.69. The van der Waals surface area contributed by atoms with Gasteiger partial charge in [0.15, 0.2) is 0 Å². The summed E-state index contributed by atoms with van der Waals surface area (Å²) in [5, 5.41) is 4.08. The minimum atomic E-state index is -0.551. The Hall–Kier alpha value is -2.24. The van der Waals surface area contributed by atoms with E-state index < -0.39 is 11.6 Å². The molecule has 23 heavy (non-hydrogen) atoms. The van der Waals surface area contributed by atoms with Gasteiger partial charge in [-0.05, 0) is 42.5 Å². The van der Waals surface area contributed by atoms with Gasteiger partial charge >= 0.3 is 0 Å². The molecule has 1 aromatic carbocycles. The zero-order valence-electron chi connectivity index (χ0n) is 12.8. The van der Waals surface area contributed by atoms with Crippen LogP contribution >= 0.6 is 0 Å². The average Bonchev–Trinajstić information content (AvgIpc) is 3.15. The number of amides is 1. The van der Waals surface area contributed by atoms with Gasteiger partial charge in [0.1, 0.15) is 11.6 Å². The fraction of sp³-hybridized carbons (Fsp3) is 0.412. The van der Waals surface area contributed by atoms with Crippen molar-refractivity contribution in [2.24, 2.45) is 5.92 Å². The van der Waals surface area contributed by atoms with Gasteiger partial charge in [-0.2, -0.15) is 5.10 Å². The average molecular weight is 319 g/mol. The maximum absolute atomic E-state index is 13.2. The van der Waals surface area contributed by atoms with Crippen LogP contribution in [-0.2, 0) is 17.8 Å². The predicted molar refractivity (Wildman–Crippen MR) is 81.6 cm³/mol. The van der Waals surface area contributed by atoms with Gasteiger partial charge in [0.05, 0.1) is 0 Å². The molecule has 0 bridgehead atoms. The highest BCUT2D eigenvalue weighted by Crippen LogP contribution is 2.22. The molecular weight excluding hydrogens is 300 g/mol. The molecule has 1 amide bonds. The lowest BCUT2D eigenvalue weighted by molar-refractivity contribution is -0.130. The summed E-state index contributed by atoms with van der Waals surface area (Å²) in [5.41, 5.74) is 0.651. The number of rotatable bonds is 5. The number of nitrogens with zero attached hydrogens (tertiary/aromatic N) is 3. The number of benzene rings is 1. The molecule has 0 N–H and O–H groups in total. The highest BCUT2D eigenvalue weighted by Gasteiger charge is 2.26.